The van der Waals surface area contributed by atoms with E-state index in [1.165, 1.54) is 12.6 Å². The predicted molar refractivity (Wildman–Crippen MR) is 114 cm³/mol. The molecule has 0 bridgehead atoms. The van der Waals surface area contributed by atoms with Gasteiger partial charge in [-0.25, -0.2) is 9.97 Å². The molecule has 0 spiro atoms. The van der Waals surface area contributed by atoms with Gasteiger partial charge in [0.1, 0.15) is 11.9 Å². The van der Waals surface area contributed by atoms with Crippen LogP contribution in [0.1, 0.15) is 37.7 Å². The number of anilines is 2. The molecule has 1 saturated heterocycles. The third kappa shape index (κ3) is 5.71. The zero-order chi connectivity index (χ0) is 23.3. The van der Waals surface area contributed by atoms with Gasteiger partial charge in [-0.1, -0.05) is 0 Å². The Bertz CT molecular complexity index is 963. The number of amides is 1. The third-order valence-electron chi connectivity index (χ3n) is 4.63. The molecular formula is C20H26N6O6. The molecule has 0 radical (unpaired) electrons. The van der Waals surface area contributed by atoms with Crippen molar-refractivity contribution in [1.29, 1.82) is 0 Å². The number of rotatable bonds is 7. The maximum atomic E-state index is 12.4. The number of nitrogens with one attached hydrogen (secondary N) is 1. The number of furan rings is 1. The number of esters is 1. The Morgan fingerprint density at radius 2 is 1.97 bits per heavy atom. The highest BCUT2D eigenvalue weighted by atomic mass is 16.6. The van der Waals surface area contributed by atoms with Crippen LogP contribution < -0.4 is 10.2 Å². The van der Waals surface area contributed by atoms with Crippen molar-refractivity contribution in [2.75, 3.05) is 42.9 Å². The largest absolute Gasteiger partial charge is 0.460 e. The number of nitro groups is 1. The first-order valence-electron chi connectivity index (χ1n) is 10.2. The molecule has 2 aromatic rings. The molecule has 12 nitrogen and oxygen atoms in total. The molecule has 3 rings (SSSR count). The second kappa shape index (κ2) is 9.62. The van der Waals surface area contributed by atoms with Crippen molar-refractivity contribution in [1.82, 2.24) is 14.9 Å². The van der Waals surface area contributed by atoms with Crippen LogP contribution in [0, 0.1) is 10.1 Å². The molecule has 0 aromatic carbocycles. The monoisotopic (exact) mass is 446 g/mol. The number of piperazine rings is 1. The van der Waals surface area contributed by atoms with Crippen LogP contribution in [-0.2, 0) is 9.53 Å². The molecule has 0 unspecified atom stereocenters. The minimum absolute atomic E-state index is 0.0256. The highest BCUT2D eigenvalue weighted by Gasteiger charge is 2.31. The van der Waals surface area contributed by atoms with Crippen LogP contribution in [0.15, 0.2) is 29.1 Å². The number of aromatic nitrogens is 2. The van der Waals surface area contributed by atoms with Crippen molar-refractivity contribution in [2.24, 2.45) is 0 Å². The van der Waals surface area contributed by atoms with Gasteiger partial charge in [-0.2, -0.15) is 0 Å². The fourth-order valence-corrected chi connectivity index (χ4v) is 3.25. The van der Waals surface area contributed by atoms with E-state index in [-0.39, 0.29) is 42.0 Å². The Balaban J connectivity index is 1.65. The lowest BCUT2D eigenvalue weighted by atomic mass is 10.2. The molecule has 0 saturated carbocycles. The van der Waals surface area contributed by atoms with Crippen molar-refractivity contribution >= 4 is 29.2 Å². The van der Waals surface area contributed by atoms with E-state index in [1.807, 2.05) is 0 Å². The first-order chi connectivity index (χ1) is 15.2. The minimum atomic E-state index is -0.606. The maximum absolute atomic E-state index is 12.4. The second-order valence-corrected chi connectivity index (χ2v) is 8.17. The number of carbonyl (C=O) groups is 2. The van der Waals surface area contributed by atoms with E-state index in [0.29, 0.717) is 26.2 Å². The fourth-order valence-electron chi connectivity index (χ4n) is 3.25. The average Bonchev–Trinajstić information content (AvgIpc) is 3.26. The standard InChI is InChI=1S/C20H26N6O6/c1-20(2,3)32-15(27)6-7-21-17-16(26(29)30)18(23-13-22-17)24-8-10-25(11-9-24)19(28)14-5-4-12-31-14/h4-5,12-13H,6-11H2,1-3H3,(H,21,22,23). The maximum Gasteiger partial charge on any atom is 0.353 e. The molecule has 2 aromatic heterocycles. The quantitative estimate of drug-likeness (QED) is 0.381. The highest BCUT2D eigenvalue weighted by molar-refractivity contribution is 5.91. The Morgan fingerprint density at radius 1 is 1.25 bits per heavy atom. The van der Waals surface area contributed by atoms with Crippen LogP contribution in [0.3, 0.4) is 0 Å². The zero-order valence-corrected chi connectivity index (χ0v) is 18.2. The lowest BCUT2D eigenvalue weighted by Crippen LogP contribution is -2.49. The van der Waals surface area contributed by atoms with Gasteiger partial charge in [-0.3, -0.25) is 19.7 Å². The SMILES string of the molecule is CC(C)(C)OC(=O)CCNc1ncnc(N2CCN(C(=O)c3ccco3)CC2)c1[N+](=O)[O-]. The predicted octanol–water partition coefficient (Wildman–Crippen LogP) is 2.08. The summed E-state index contributed by atoms with van der Waals surface area (Å²) in [7, 11) is 0. The summed E-state index contributed by atoms with van der Waals surface area (Å²) in [5, 5.41) is 14.6. The Kier molecular flexibility index (Phi) is 6.91. The van der Waals surface area contributed by atoms with Crippen LogP contribution in [0.25, 0.3) is 0 Å². The van der Waals surface area contributed by atoms with Crippen LogP contribution >= 0.6 is 0 Å². The van der Waals surface area contributed by atoms with E-state index < -0.39 is 16.5 Å². The molecular weight excluding hydrogens is 420 g/mol. The summed E-state index contributed by atoms with van der Waals surface area (Å²) in [6, 6.07) is 3.24. The molecule has 1 aliphatic heterocycles. The topological polar surface area (TPSA) is 144 Å². The lowest BCUT2D eigenvalue weighted by Gasteiger charge is -2.34. The fraction of sp³-hybridized carbons (Fsp3) is 0.500. The Hall–Kier alpha value is -3.70. The van der Waals surface area contributed by atoms with Gasteiger partial charge in [0.05, 0.1) is 17.6 Å². The number of hydrogen-bond acceptors (Lipinski definition) is 10. The summed E-state index contributed by atoms with van der Waals surface area (Å²) < 4.78 is 10.4. The molecule has 32 heavy (non-hydrogen) atoms. The van der Waals surface area contributed by atoms with Crippen molar-refractivity contribution in [3.8, 4) is 0 Å². The summed E-state index contributed by atoms with van der Waals surface area (Å²) in [4.78, 5) is 47.0. The van der Waals surface area contributed by atoms with Crippen LogP contribution in [-0.4, -0.2) is 70.0 Å². The van der Waals surface area contributed by atoms with Crippen LogP contribution in [0.5, 0.6) is 0 Å². The number of ether oxygens (including phenoxy) is 1. The van der Waals surface area contributed by atoms with Crippen LogP contribution in [0.2, 0.25) is 0 Å². The third-order valence-corrected chi connectivity index (χ3v) is 4.63. The smallest absolute Gasteiger partial charge is 0.353 e. The molecule has 1 aliphatic rings. The van der Waals surface area contributed by atoms with E-state index >= 15 is 0 Å². The van der Waals surface area contributed by atoms with Crippen molar-refractivity contribution in [3.05, 3.63) is 40.6 Å². The van der Waals surface area contributed by atoms with Gasteiger partial charge >= 0.3 is 11.7 Å². The normalized spacial score (nSPS) is 14.2. The number of carbonyl (C=O) groups excluding carboxylic acids is 2. The van der Waals surface area contributed by atoms with Gasteiger partial charge < -0.3 is 24.3 Å². The van der Waals surface area contributed by atoms with E-state index in [4.69, 9.17) is 9.15 Å². The summed E-state index contributed by atoms with van der Waals surface area (Å²) in [6.07, 6.45) is 2.70. The molecule has 1 amide bonds. The molecule has 1 fully saturated rings. The Morgan fingerprint density at radius 3 is 2.56 bits per heavy atom. The van der Waals surface area contributed by atoms with E-state index in [0.717, 1.165) is 0 Å². The zero-order valence-electron chi connectivity index (χ0n) is 18.2. The molecule has 172 valence electrons. The van der Waals surface area contributed by atoms with Crippen LogP contribution in [0.4, 0.5) is 17.3 Å². The first-order valence-corrected chi connectivity index (χ1v) is 10.2. The molecule has 0 atom stereocenters. The van der Waals surface area contributed by atoms with E-state index in [9.17, 15) is 19.7 Å². The number of nitrogens with zero attached hydrogens (tertiary/aromatic N) is 5. The molecule has 12 heteroatoms. The number of hydrogen-bond donors (Lipinski definition) is 1. The van der Waals surface area contributed by atoms with E-state index in [1.54, 1.807) is 42.7 Å². The van der Waals surface area contributed by atoms with E-state index in [2.05, 4.69) is 15.3 Å². The first kappa shape index (κ1) is 23.0. The molecule has 3 heterocycles. The minimum Gasteiger partial charge on any atom is -0.460 e. The van der Waals surface area contributed by atoms with Gasteiger partial charge in [-0.15, -0.1) is 0 Å². The molecule has 1 N–H and O–H groups in total. The van der Waals surface area contributed by atoms with Crippen molar-refractivity contribution in [2.45, 2.75) is 32.8 Å². The van der Waals surface area contributed by atoms with Gasteiger partial charge in [-0.05, 0) is 32.9 Å². The van der Waals surface area contributed by atoms with Gasteiger partial charge in [0.25, 0.3) is 5.91 Å². The van der Waals surface area contributed by atoms with Crippen molar-refractivity contribution < 1.29 is 23.7 Å². The van der Waals surface area contributed by atoms with Gasteiger partial charge in [0.2, 0.25) is 11.6 Å². The van der Waals surface area contributed by atoms with Gasteiger partial charge in [0, 0.05) is 32.7 Å². The summed E-state index contributed by atoms with van der Waals surface area (Å²) in [5.41, 5.74) is -0.881. The van der Waals surface area contributed by atoms with Crippen molar-refractivity contribution in [3.63, 3.8) is 0 Å². The molecule has 0 aliphatic carbocycles. The highest BCUT2D eigenvalue weighted by Crippen LogP contribution is 2.32. The average molecular weight is 446 g/mol. The second-order valence-electron chi connectivity index (χ2n) is 8.17. The Labute approximate surface area is 184 Å². The van der Waals surface area contributed by atoms with Gasteiger partial charge in [0.15, 0.2) is 5.76 Å². The summed E-state index contributed by atoms with van der Waals surface area (Å²) in [6.45, 7) is 6.87. The summed E-state index contributed by atoms with van der Waals surface area (Å²) in [5.74, 6) is -0.203. The lowest BCUT2D eigenvalue weighted by molar-refractivity contribution is -0.383. The summed E-state index contributed by atoms with van der Waals surface area (Å²) >= 11 is 0.